The average Bonchev–Trinajstić information content (AvgIpc) is 3.49. The molecule has 0 aliphatic carbocycles. The number of thioether (sulfide) groups is 1. The Labute approximate surface area is 191 Å². The maximum Gasteiger partial charge on any atom is 0.373 e. The molecular weight excluding hydrogens is 428 g/mol. The van der Waals surface area contributed by atoms with Crippen molar-refractivity contribution in [3.63, 3.8) is 0 Å². The average molecular weight is 457 g/mol. The van der Waals surface area contributed by atoms with Crippen LogP contribution in [-0.4, -0.2) is 52.9 Å². The smallest absolute Gasteiger partial charge is 0.373 e. The summed E-state index contributed by atoms with van der Waals surface area (Å²) in [4.78, 5) is 14.1. The third-order valence-electron chi connectivity index (χ3n) is 5.69. The number of rotatable bonds is 8. The molecule has 1 atom stereocenters. The molecule has 9 heteroatoms. The topological polar surface area (TPSA) is 82.6 Å². The lowest BCUT2D eigenvalue weighted by atomic mass is 10.1. The molecule has 32 heavy (non-hydrogen) atoms. The molecule has 170 valence electrons. The zero-order chi connectivity index (χ0) is 22.5. The molecule has 4 rings (SSSR count). The van der Waals surface area contributed by atoms with E-state index in [2.05, 4.69) is 26.6 Å². The number of hydrogen-bond donors (Lipinski definition) is 0. The Kier molecular flexibility index (Phi) is 7.16. The molecule has 8 nitrogen and oxygen atoms in total. The van der Waals surface area contributed by atoms with Gasteiger partial charge in [0.25, 0.3) is 0 Å². The van der Waals surface area contributed by atoms with Gasteiger partial charge >= 0.3 is 5.97 Å². The highest BCUT2D eigenvalue weighted by Gasteiger charge is 2.26. The van der Waals surface area contributed by atoms with Crippen LogP contribution in [0, 0.1) is 0 Å². The summed E-state index contributed by atoms with van der Waals surface area (Å²) < 4.78 is 17.7. The third kappa shape index (κ3) is 4.83. The predicted molar refractivity (Wildman–Crippen MR) is 121 cm³/mol. The van der Waals surface area contributed by atoms with Crippen molar-refractivity contribution in [3.05, 3.63) is 53.7 Å². The van der Waals surface area contributed by atoms with Crippen LogP contribution in [0.25, 0.3) is 5.69 Å². The second-order valence-electron chi connectivity index (χ2n) is 7.69. The minimum Gasteiger partial charge on any atom is -0.497 e. The number of aromatic nitrogens is 3. The van der Waals surface area contributed by atoms with Crippen LogP contribution in [0.1, 0.15) is 54.4 Å². The molecule has 1 aliphatic rings. The van der Waals surface area contributed by atoms with E-state index in [1.807, 2.05) is 24.3 Å². The first kappa shape index (κ1) is 22.4. The first-order valence-corrected chi connectivity index (χ1v) is 11.7. The summed E-state index contributed by atoms with van der Waals surface area (Å²) in [6, 6.07) is 11.5. The van der Waals surface area contributed by atoms with Crippen molar-refractivity contribution in [1.82, 2.24) is 19.7 Å². The third-order valence-corrected chi connectivity index (χ3v) is 6.64. The molecule has 0 N–H and O–H groups in total. The number of piperidine rings is 1. The van der Waals surface area contributed by atoms with Gasteiger partial charge in [-0.25, -0.2) is 4.79 Å². The van der Waals surface area contributed by atoms with Gasteiger partial charge in [0.2, 0.25) is 5.76 Å². The fraction of sp³-hybridized carbons (Fsp3) is 0.435. The maximum atomic E-state index is 11.7. The summed E-state index contributed by atoms with van der Waals surface area (Å²) in [5, 5.41) is 9.86. The fourth-order valence-electron chi connectivity index (χ4n) is 3.89. The van der Waals surface area contributed by atoms with Crippen LogP contribution in [0.2, 0.25) is 0 Å². The number of ether oxygens (including phenoxy) is 2. The number of nitrogens with zero attached hydrogens (tertiary/aromatic N) is 4. The zero-order valence-electron chi connectivity index (χ0n) is 18.6. The van der Waals surface area contributed by atoms with Crippen molar-refractivity contribution >= 4 is 17.7 Å². The van der Waals surface area contributed by atoms with Crippen molar-refractivity contribution in [2.75, 3.05) is 27.3 Å². The van der Waals surface area contributed by atoms with E-state index in [1.165, 1.54) is 38.1 Å². The largest absolute Gasteiger partial charge is 0.497 e. The van der Waals surface area contributed by atoms with Crippen molar-refractivity contribution in [1.29, 1.82) is 0 Å². The lowest BCUT2D eigenvalue weighted by molar-refractivity contribution is 0.0563. The molecule has 1 saturated heterocycles. The molecule has 2 aromatic heterocycles. The second-order valence-corrected chi connectivity index (χ2v) is 8.64. The summed E-state index contributed by atoms with van der Waals surface area (Å²) in [5.41, 5.74) is 0.979. The minimum absolute atomic E-state index is 0.147. The number of esters is 1. The lowest BCUT2D eigenvalue weighted by Gasteiger charge is -2.31. The van der Waals surface area contributed by atoms with Crippen molar-refractivity contribution in [3.8, 4) is 11.4 Å². The summed E-state index contributed by atoms with van der Waals surface area (Å²) in [6.07, 6.45) is 3.71. The fourth-order valence-corrected chi connectivity index (χ4v) is 4.74. The number of carbonyl (C=O) groups excluding carboxylic acids is 1. The highest BCUT2D eigenvalue weighted by molar-refractivity contribution is 7.98. The van der Waals surface area contributed by atoms with Gasteiger partial charge in [-0.3, -0.25) is 9.47 Å². The zero-order valence-corrected chi connectivity index (χ0v) is 19.4. The predicted octanol–water partition coefficient (Wildman–Crippen LogP) is 4.49. The van der Waals surface area contributed by atoms with E-state index in [1.54, 1.807) is 19.2 Å². The molecule has 3 heterocycles. The van der Waals surface area contributed by atoms with Gasteiger partial charge in [-0.15, -0.1) is 10.2 Å². The standard InChI is InChI=1S/C23H28N4O4S/c1-16(26-13-5-4-6-14-26)21-24-25-23(27(21)17-7-9-18(29-2)10-8-17)32-15-19-11-12-20(31-19)22(28)30-3/h7-12,16H,4-6,13-15H2,1-3H3/t16-/m1/s1. The van der Waals surface area contributed by atoms with Gasteiger partial charge < -0.3 is 13.9 Å². The van der Waals surface area contributed by atoms with Gasteiger partial charge in [0.05, 0.1) is 26.0 Å². The van der Waals surface area contributed by atoms with Crippen LogP contribution in [0.4, 0.5) is 0 Å². The summed E-state index contributed by atoms with van der Waals surface area (Å²) in [5.74, 6) is 2.61. The maximum absolute atomic E-state index is 11.7. The second kappa shape index (κ2) is 10.2. The Morgan fingerprint density at radius 1 is 1.09 bits per heavy atom. The SMILES string of the molecule is COC(=O)c1ccc(CSc2nnc([C@@H](C)N3CCCCC3)n2-c2ccc(OC)cc2)o1. The molecule has 1 fully saturated rings. The van der Waals surface area contributed by atoms with Gasteiger partial charge in [-0.1, -0.05) is 18.2 Å². The highest BCUT2D eigenvalue weighted by Crippen LogP contribution is 2.31. The van der Waals surface area contributed by atoms with Crippen LogP contribution >= 0.6 is 11.8 Å². The Morgan fingerprint density at radius 3 is 2.53 bits per heavy atom. The number of hydrogen-bond acceptors (Lipinski definition) is 8. The van der Waals surface area contributed by atoms with Crippen LogP contribution < -0.4 is 4.74 Å². The van der Waals surface area contributed by atoms with Gasteiger partial charge in [0, 0.05) is 5.69 Å². The Bertz CT molecular complexity index is 1040. The Balaban J connectivity index is 1.61. The Morgan fingerprint density at radius 2 is 1.84 bits per heavy atom. The summed E-state index contributed by atoms with van der Waals surface area (Å²) in [7, 11) is 2.99. The van der Waals surface area contributed by atoms with E-state index >= 15 is 0 Å². The van der Waals surface area contributed by atoms with Crippen molar-refractivity contribution < 1.29 is 18.7 Å². The summed E-state index contributed by atoms with van der Waals surface area (Å²) >= 11 is 1.52. The van der Waals surface area contributed by atoms with Gasteiger partial charge in [0.15, 0.2) is 11.0 Å². The molecule has 0 radical (unpaired) electrons. The lowest BCUT2D eigenvalue weighted by Crippen LogP contribution is -2.33. The van der Waals surface area contributed by atoms with Gasteiger partial charge in [-0.2, -0.15) is 0 Å². The van der Waals surface area contributed by atoms with E-state index < -0.39 is 5.97 Å². The quantitative estimate of drug-likeness (QED) is 0.362. The first-order chi connectivity index (χ1) is 15.6. The molecular formula is C23H28N4O4S. The molecule has 0 saturated carbocycles. The molecule has 1 aliphatic heterocycles. The van der Waals surface area contributed by atoms with Crippen LogP contribution in [0.3, 0.4) is 0 Å². The van der Waals surface area contributed by atoms with Crippen LogP contribution in [0.5, 0.6) is 5.75 Å². The molecule has 3 aromatic rings. The number of likely N-dealkylation sites (tertiary alicyclic amines) is 1. The number of carbonyl (C=O) groups is 1. The van der Waals surface area contributed by atoms with E-state index in [-0.39, 0.29) is 11.8 Å². The summed E-state index contributed by atoms with van der Waals surface area (Å²) in [6.45, 7) is 4.34. The number of benzene rings is 1. The normalized spacial score (nSPS) is 15.5. The molecule has 0 spiro atoms. The highest BCUT2D eigenvalue weighted by atomic mass is 32.2. The van der Waals surface area contributed by atoms with Crippen molar-refractivity contribution in [2.24, 2.45) is 0 Å². The Hall–Kier alpha value is -2.78. The van der Waals surface area contributed by atoms with Gasteiger partial charge in [0.1, 0.15) is 11.5 Å². The molecule has 0 amide bonds. The minimum atomic E-state index is -0.486. The van der Waals surface area contributed by atoms with E-state index in [0.717, 1.165) is 35.5 Å². The van der Waals surface area contributed by atoms with E-state index in [9.17, 15) is 4.79 Å². The molecule has 0 unspecified atom stereocenters. The van der Waals surface area contributed by atoms with Crippen molar-refractivity contribution in [2.45, 2.75) is 43.1 Å². The van der Waals surface area contributed by atoms with E-state index in [4.69, 9.17) is 13.9 Å². The monoisotopic (exact) mass is 456 g/mol. The number of methoxy groups -OCH3 is 2. The molecule has 0 bridgehead atoms. The van der Waals surface area contributed by atoms with Crippen LogP contribution in [0.15, 0.2) is 46.0 Å². The van der Waals surface area contributed by atoms with Crippen LogP contribution in [-0.2, 0) is 10.5 Å². The van der Waals surface area contributed by atoms with E-state index in [0.29, 0.717) is 11.5 Å². The first-order valence-electron chi connectivity index (χ1n) is 10.7. The number of furan rings is 1. The molecule has 1 aromatic carbocycles. The van der Waals surface area contributed by atoms with Gasteiger partial charge in [-0.05, 0) is 69.3 Å².